The van der Waals surface area contributed by atoms with Crippen LogP contribution in [0.15, 0.2) is 24.3 Å². The summed E-state index contributed by atoms with van der Waals surface area (Å²) in [7, 11) is 0. The monoisotopic (exact) mass is 340 g/mol. The lowest BCUT2D eigenvalue weighted by atomic mass is 9.81. The standard InChI is InChI=1S/C23H32O2/c1-14-12-19(23(6,7)8)21(25)17(15(14)2)13-16-10-9-11-18(20(16)24)22(3,4)5/h9-12,24-25H,13H2,1-8H3. The van der Waals surface area contributed by atoms with Crippen molar-refractivity contribution in [3.63, 3.8) is 0 Å². The Morgan fingerprint density at radius 1 is 0.800 bits per heavy atom. The van der Waals surface area contributed by atoms with Crippen LogP contribution in [0.5, 0.6) is 11.5 Å². The van der Waals surface area contributed by atoms with Gasteiger partial charge in [0.2, 0.25) is 0 Å². The fourth-order valence-electron chi connectivity index (χ4n) is 3.29. The first kappa shape index (κ1) is 19.4. The summed E-state index contributed by atoms with van der Waals surface area (Å²) in [6, 6.07) is 7.99. The highest BCUT2D eigenvalue weighted by atomic mass is 16.3. The van der Waals surface area contributed by atoms with Gasteiger partial charge in [-0.05, 0) is 52.5 Å². The SMILES string of the molecule is Cc1cc(C(C)(C)C)c(O)c(Cc2cccc(C(C)(C)C)c2O)c1C. The Bertz CT molecular complexity index is 787. The molecule has 0 heterocycles. The van der Waals surface area contributed by atoms with E-state index in [-0.39, 0.29) is 10.8 Å². The summed E-state index contributed by atoms with van der Waals surface area (Å²) in [6.07, 6.45) is 0.526. The number of aryl methyl sites for hydroxylation is 1. The van der Waals surface area contributed by atoms with Gasteiger partial charge in [0.25, 0.3) is 0 Å². The number of hydrogen-bond acceptors (Lipinski definition) is 2. The average molecular weight is 341 g/mol. The molecule has 25 heavy (non-hydrogen) atoms. The van der Waals surface area contributed by atoms with Crippen LogP contribution in [0.3, 0.4) is 0 Å². The van der Waals surface area contributed by atoms with E-state index in [9.17, 15) is 10.2 Å². The molecule has 136 valence electrons. The number of phenolic OH excluding ortho intramolecular Hbond substituents is 2. The molecular weight excluding hydrogens is 308 g/mol. The van der Waals surface area contributed by atoms with Crippen molar-refractivity contribution >= 4 is 0 Å². The molecular formula is C23H32O2. The molecule has 0 bridgehead atoms. The third-order valence-electron chi connectivity index (χ3n) is 5.05. The molecule has 0 amide bonds. The van der Waals surface area contributed by atoms with Gasteiger partial charge in [-0.3, -0.25) is 0 Å². The molecule has 2 rings (SSSR count). The highest BCUT2D eigenvalue weighted by Crippen LogP contribution is 2.40. The second-order valence-electron chi connectivity index (χ2n) is 9.18. The molecule has 0 saturated heterocycles. The van der Waals surface area contributed by atoms with Crippen LogP contribution in [0.25, 0.3) is 0 Å². The highest BCUT2D eigenvalue weighted by Gasteiger charge is 2.24. The molecule has 2 N–H and O–H groups in total. The fourth-order valence-corrected chi connectivity index (χ4v) is 3.29. The van der Waals surface area contributed by atoms with Crippen LogP contribution in [0.4, 0.5) is 0 Å². The Labute approximate surface area is 152 Å². The van der Waals surface area contributed by atoms with Crippen molar-refractivity contribution in [2.24, 2.45) is 0 Å². The van der Waals surface area contributed by atoms with Crippen LogP contribution < -0.4 is 0 Å². The van der Waals surface area contributed by atoms with Crippen molar-refractivity contribution in [1.29, 1.82) is 0 Å². The average Bonchev–Trinajstić information content (AvgIpc) is 2.46. The second kappa shape index (κ2) is 6.40. The predicted molar refractivity (Wildman–Crippen MR) is 106 cm³/mol. The summed E-state index contributed by atoms with van der Waals surface area (Å²) in [5, 5.41) is 21.7. The lowest BCUT2D eigenvalue weighted by Crippen LogP contribution is -2.14. The highest BCUT2D eigenvalue weighted by molar-refractivity contribution is 5.55. The molecule has 0 spiro atoms. The number of rotatable bonds is 2. The summed E-state index contributed by atoms with van der Waals surface area (Å²) in [5.74, 6) is 0.698. The van der Waals surface area contributed by atoms with Gasteiger partial charge in [-0.15, -0.1) is 0 Å². The molecule has 0 atom stereocenters. The summed E-state index contributed by atoms with van der Waals surface area (Å²) < 4.78 is 0. The lowest BCUT2D eigenvalue weighted by Gasteiger charge is -2.25. The summed E-state index contributed by atoms with van der Waals surface area (Å²) in [5.41, 5.74) is 5.66. The molecule has 2 heteroatoms. The van der Waals surface area contributed by atoms with Crippen molar-refractivity contribution in [2.45, 2.75) is 72.6 Å². The van der Waals surface area contributed by atoms with E-state index in [1.165, 1.54) is 5.56 Å². The van der Waals surface area contributed by atoms with Gasteiger partial charge in [0, 0.05) is 12.0 Å². The predicted octanol–water partition coefficient (Wildman–Crippen LogP) is 5.90. The smallest absolute Gasteiger partial charge is 0.123 e. The Balaban J connectivity index is 2.61. The van der Waals surface area contributed by atoms with Gasteiger partial charge in [0.15, 0.2) is 0 Å². The van der Waals surface area contributed by atoms with Crippen LogP contribution in [0.2, 0.25) is 0 Å². The van der Waals surface area contributed by atoms with E-state index >= 15 is 0 Å². The molecule has 0 aromatic heterocycles. The van der Waals surface area contributed by atoms with E-state index in [2.05, 4.69) is 54.5 Å². The van der Waals surface area contributed by atoms with Crippen LogP contribution in [0, 0.1) is 13.8 Å². The fraction of sp³-hybridized carbons (Fsp3) is 0.478. The largest absolute Gasteiger partial charge is 0.507 e. The van der Waals surface area contributed by atoms with Crippen molar-refractivity contribution < 1.29 is 10.2 Å². The first-order chi connectivity index (χ1) is 11.3. The minimum absolute atomic E-state index is 0.125. The van der Waals surface area contributed by atoms with Gasteiger partial charge >= 0.3 is 0 Å². The van der Waals surface area contributed by atoms with Crippen molar-refractivity contribution in [2.75, 3.05) is 0 Å². The Morgan fingerprint density at radius 2 is 1.36 bits per heavy atom. The minimum atomic E-state index is -0.132. The lowest BCUT2D eigenvalue weighted by molar-refractivity contribution is 0.435. The molecule has 0 radical (unpaired) electrons. The number of hydrogen-bond donors (Lipinski definition) is 2. The summed E-state index contributed by atoms with van der Waals surface area (Å²) >= 11 is 0. The molecule has 0 aliphatic heterocycles. The Kier molecular flexibility index (Phi) is 4.96. The number of benzene rings is 2. The zero-order chi connectivity index (χ0) is 19.2. The number of aromatic hydroxyl groups is 2. The van der Waals surface area contributed by atoms with E-state index in [1.54, 1.807) is 0 Å². The molecule has 0 aliphatic carbocycles. The van der Waals surface area contributed by atoms with Gasteiger partial charge in [-0.1, -0.05) is 65.8 Å². The first-order valence-electron chi connectivity index (χ1n) is 8.98. The Morgan fingerprint density at radius 3 is 1.88 bits per heavy atom. The first-order valence-corrected chi connectivity index (χ1v) is 8.98. The zero-order valence-corrected chi connectivity index (χ0v) is 16.9. The van der Waals surface area contributed by atoms with Crippen LogP contribution in [-0.4, -0.2) is 10.2 Å². The molecule has 0 fully saturated rings. The minimum Gasteiger partial charge on any atom is -0.507 e. The number of phenols is 2. The maximum Gasteiger partial charge on any atom is 0.123 e. The van der Waals surface area contributed by atoms with E-state index in [0.29, 0.717) is 17.9 Å². The van der Waals surface area contributed by atoms with E-state index in [1.807, 2.05) is 25.1 Å². The van der Waals surface area contributed by atoms with Crippen LogP contribution in [0.1, 0.15) is 74.9 Å². The summed E-state index contributed by atoms with van der Waals surface area (Å²) in [6.45, 7) is 16.7. The third kappa shape index (κ3) is 3.84. The number of para-hydroxylation sites is 1. The van der Waals surface area contributed by atoms with E-state index in [0.717, 1.165) is 27.8 Å². The molecule has 0 aliphatic rings. The van der Waals surface area contributed by atoms with Gasteiger partial charge in [0.05, 0.1) is 0 Å². The maximum atomic E-state index is 10.9. The van der Waals surface area contributed by atoms with Gasteiger partial charge in [-0.2, -0.15) is 0 Å². The van der Waals surface area contributed by atoms with E-state index < -0.39 is 0 Å². The second-order valence-corrected chi connectivity index (χ2v) is 9.18. The van der Waals surface area contributed by atoms with Crippen molar-refractivity contribution in [3.8, 4) is 11.5 Å². The van der Waals surface area contributed by atoms with Crippen LogP contribution in [-0.2, 0) is 17.3 Å². The zero-order valence-electron chi connectivity index (χ0n) is 16.9. The Hall–Kier alpha value is -1.96. The van der Waals surface area contributed by atoms with Crippen molar-refractivity contribution in [1.82, 2.24) is 0 Å². The quantitative estimate of drug-likeness (QED) is 0.714. The topological polar surface area (TPSA) is 40.5 Å². The third-order valence-corrected chi connectivity index (χ3v) is 5.05. The van der Waals surface area contributed by atoms with Crippen LogP contribution >= 0.6 is 0 Å². The molecule has 2 aromatic rings. The van der Waals surface area contributed by atoms with E-state index in [4.69, 9.17) is 0 Å². The van der Waals surface area contributed by atoms with Gasteiger partial charge < -0.3 is 10.2 Å². The maximum absolute atomic E-state index is 10.9. The molecule has 2 aromatic carbocycles. The normalized spacial score (nSPS) is 12.5. The van der Waals surface area contributed by atoms with Crippen molar-refractivity contribution in [3.05, 3.63) is 57.6 Å². The molecule has 2 nitrogen and oxygen atoms in total. The van der Waals surface area contributed by atoms with Gasteiger partial charge in [0.1, 0.15) is 11.5 Å². The molecule has 0 saturated carbocycles. The molecule has 0 unspecified atom stereocenters. The summed E-state index contributed by atoms with van der Waals surface area (Å²) in [4.78, 5) is 0. The van der Waals surface area contributed by atoms with Gasteiger partial charge in [-0.25, -0.2) is 0 Å².